The number of urea groups is 1. The largest absolute Gasteiger partial charge is 0.480 e. The van der Waals surface area contributed by atoms with Crippen molar-refractivity contribution in [2.45, 2.75) is 37.8 Å². The van der Waals surface area contributed by atoms with Crippen LogP contribution in [0.25, 0.3) is 0 Å². The summed E-state index contributed by atoms with van der Waals surface area (Å²) in [5.74, 6) is -0.893. The third-order valence-corrected chi connectivity index (χ3v) is 3.94. The van der Waals surface area contributed by atoms with E-state index in [0.717, 1.165) is 32.4 Å². The van der Waals surface area contributed by atoms with E-state index in [1.54, 1.807) is 6.92 Å². The normalized spacial score (nSPS) is 27.6. The van der Waals surface area contributed by atoms with Crippen LogP contribution >= 0.6 is 0 Å². The average Bonchev–Trinajstić information content (AvgIpc) is 3.04. The topological polar surface area (TPSA) is 81.7 Å². The first-order valence-corrected chi connectivity index (χ1v) is 6.42. The van der Waals surface area contributed by atoms with Gasteiger partial charge in [-0.3, -0.25) is 0 Å². The van der Waals surface area contributed by atoms with E-state index in [1.807, 2.05) is 7.05 Å². The standard InChI is InChI=1S/C12H21N3O3/c1-12(10(16)17,8-3-4-8)14-11(18)13-9-5-6-15(2)7-9/h8-9H,3-7H2,1-2H3,(H,16,17)(H2,13,14,18). The Kier molecular flexibility index (Phi) is 3.47. The van der Waals surface area contributed by atoms with Gasteiger partial charge in [-0.15, -0.1) is 0 Å². The summed E-state index contributed by atoms with van der Waals surface area (Å²) in [6, 6.07) is -0.251. The monoisotopic (exact) mass is 255 g/mol. The Morgan fingerprint density at radius 3 is 2.44 bits per heavy atom. The van der Waals surface area contributed by atoms with Gasteiger partial charge in [-0.1, -0.05) is 0 Å². The number of nitrogens with zero attached hydrogens (tertiary/aromatic N) is 1. The molecule has 2 amide bonds. The Morgan fingerprint density at radius 2 is 2.00 bits per heavy atom. The highest BCUT2D eigenvalue weighted by molar-refractivity contribution is 5.86. The lowest BCUT2D eigenvalue weighted by atomic mass is 9.96. The molecule has 2 fully saturated rings. The van der Waals surface area contributed by atoms with Crippen molar-refractivity contribution in [3.63, 3.8) is 0 Å². The number of nitrogens with one attached hydrogen (secondary N) is 2. The minimum atomic E-state index is -1.13. The van der Waals surface area contributed by atoms with Gasteiger partial charge in [0, 0.05) is 12.6 Å². The predicted molar refractivity (Wildman–Crippen MR) is 66.3 cm³/mol. The molecule has 1 saturated carbocycles. The van der Waals surface area contributed by atoms with Crippen LogP contribution in [-0.4, -0.2) is 53.7 Å². The molecule has 1 aliphatic heterocycles. The van der Waals surface area contributed by atoms with Gasteiger partial charge in [0.25, 0.3) is 0 Å². The predicted octanol–water partition coefficient (Wildman–Crippen LogP) is 0.243. The number of hydrogen-bond acceptors (Lipinski definition) is 3. The van der Waals surface area contributed by atoms with Crippen LogP contribution in [0.1, 0.15) is 26.2 Å². The first-order chi connectivity index (χ1) is 8.41. The fraction of sp³-hybridized carbons (Fsp3) is 0.833. The zero-order valence-corrected chi connectivity index (χ0v) is 10.9. The quantitative estimate of drug-likeness (QED) is 0.672. The van der Waals surface area contributed by atoms with Crippen LogP contribution in [0.4, 0.5) is 4.79 Å². The van der Waals surface area contributed by atoms with E-state index in [9.17, 15) is 14.7 Å². The van der Waals surface area contributed by atoms with Crippen LogP contribution in [0.15, 0.2) is 0 Å². The summed E-state index contributed by atoms with van der Waals surface area (Å²) < 4.78 is 0. The molecule has 0 aromatic carbocycles. The molecule has 0 bridgehead atoms. The highest BCUT2D eigenvalue weighted by Gasteiger charge is 2.48. The third-order valence-electron chi connectivity index (χ3n) is 3.94. The maximum Gasteiger partial charge on any atom is 0.329 e. The van der Waals surface area contributed by atoms with E-state index >= 15 is 0 Å². The van der Waals surface area contributed by atoms with Crippen molar-refractivity contribution in [2.24, 2.45) is 5.92 Å². The zero-order chi connectivity index (χ0) is 13.3. The van der Waals surface area contributed by atoms with E-state index in [2.05, 4.69) is 15.5 Å². The second-order valence-corrected chi connectivity index (χ2v) is 5.63. The molecule has 6 nitrogen and oxygen atoms in total. The molecule has 2 rings (SSSR count). The van der Waals surface area contributed by atoms with Crippen molar-refractivity contribution in [1.82, 2.24) is 15.5 Å². The molecule has 6 heteroatoms. The van der Waals surface area contributed by atoms with E-state index < -0.39 is 11.5 Å². The Morgan fingerprint density at radius 1 is 1.33 bits per heavy atom. The summed E-state index contributed by atoms with van der Waals surface area (Å²) in [6.07, 6.45) is 2.65. The minimum Gasteiger partial charge on any atom is -0.480 e. The first-order valence-electron chi connectivity index (χ1n) is 6.42. The fourth-order valence-corrected chi connectivity index (χ4v) is 2.50. The second kappa shape index (κ2) is 4.76. The second-order valence-electron chi connectivity index (χ2n) is 5.63. The van der Waals surface area contributed by atoms with Crippen LogP contribution in [0, 0.1) is 5.92 Å². The van der Waals surface area contributed by atoms with Crippen LogP contribution in [0.3, 0.4) is 0 Å². The van der Waals surface area contributed by atoms with Gasteiger partial charge < -0.3 is 20.6 Å². The molecule has 1 heterocycles. The molecule has 0 spiro atoms. The summed E-state index contributed by atoms with van der Waals surface area (Å²) >= 11 is 0. The minimum absolute atomic E-state index is 0.0620. The molecular weight excluding hydrogens is 234 g/mol. The molecule has 1 aliphatic carbocycles. The summed E-state index contributed by atoms with van der Waals surface area (Å²) in [4.78, 5) is 25.3. The molecule has 0 radical (unpaired) electrons. The number of aliphatic carboxylic acids is 1. The highest BCUT2D eigenvalue weighted by Crippen LogP contribution is 2.39. The van der Waals surface area contributed by atoms with Crippen LogP contribution in [0.5, 0.6) is 0 Å². The molecule has 3 N–H and O–H groups in total. The maximum atomic E-state index is 11.9. The smallest absolute Gasteiger partial charge is 0.329 e. The van der Waals surface area contributed by atoms with Gasteiger partial charge in [-0.2, -0.15) is 0 Å². The number of likely N-dealkylation sites (tertiary alicyclic amines) is 1. The molecule has 2 atom stereocenters. The lowest BCUT2D eigenvalue weighted by Crippen LogP contribution is -2.58. The van der Waals surface area contributed by atoms with Crippen molar-refractivity contribution >= 4 is 12.0 Å². The molecule has 2 unspecified atom stereocenters. The highest BCUT2D eigenvalue weighted by atomic mass is 16.4. The summed E-state index contributed by atoms with van der Waals surface area (Å²) in [5.41, 5.74) is -1.13. The van der Waals surface area contributed by atoms with Gasteiger partial charge >= 0.3 is 12.0 Å². The molecule has 2 aliphatic rings. The lowest BCUT2D eigenvalue weighted by Gasteiger charge is -2.27. The number of carbonyl (C=O) groups is 2. The third kappa shape index (κ3) is 2.75. The van der Waals surface area contributed by atoms with Gasteiger partial charge in [0.2, 0.25) is 0 Å². The molecule has 1 saturated heterocycles. The van der Waals surface area contributed by atoms with Gasteiger partial charge in [-0.05, 0) is 45.7 Å². The van der Waals surface area contributed by atoms with Gasteiger partial charge in [0.1, 0.15) is 5.54 Å². The van der Waals surface area contributed by atoms with E-state index in [-0.39, 0.29) is 18.0 Å². The Bertz CT molecular complexity index is 356. The Hall–Kier alpha value is -1.30. The van der Waals surface area contributed by atoms with Crippen molar-refractivity contribution in [3.8, 4) is 0 Å². The zero-order valence-electron chi connectivity index (χ0n) is 10.9. The number of carboxylic acid groups (broad SMARTS) is 1. The number of likely N-dealkylation sites (N-methyl/N-ethyl adjacent to an activating group) is 1. The van der Waals surface area contributed by atoms with Crippen LogP contribution < -0.4 is 10.6 Å². The van der Waals surface area contributed by atoms with Crippen LogP contribution in [0.2, 0.25) is 0 Å². The van der Waals surface area contributed by atoms with Gasteiger partial charge in [0.05, 0.1) is 0 Å². The number of carbonyl (C=O) groups excluding carboxylic acids is 1. The summed E-state index contributed by atoms with van der Waals surface area (Å²) in [6.45, 7) is 3.37. The van der Waals surface area contributed by atoms with Crippen molar-refractivity contribution in [1.29, 1.82) is 0 Å². The summed E-state index contributed by atoms with van der Waals surface area (Å²) in [7, 11) is 2.01. The number of hydrogen-bond donors (Lipinski definition) is 3. The Balaban J connectivity index is 1.87. The number of rotatable bonds is 4. The molecule has 18 heavy (non-hydrogen) atoms. The molecular formula is C12H21N3O3. The van der Waals surface area contributed by atoms with E-state index in [1.165, 1.54) is 0 Å². The average molecular weight is 255 g/mol. The molecule has 0 aromatic heterocycles. The maximum absolute atomic E-state index is 11.9. The number of carboxylic acids is 1. The van der Waals surface area contributed by atoms with Gasteiger partial charge in [-0.25, -0.2) is 9.59 Å². The number of amides is 2. The van der Waals surface area contributed by atoms with Crippen molar-refractivity contribution in [2.75, 3.05) is 20.1 Å². The van der Waals surface area contributed by atoms with E-state index in [0.29, 0.717) is 0 Å². The first kappa shape index (κ1) is 13.1. The van der Waals surface area contributed by atoms with Crippen molar-refractivity contribution in [3.05, 3.63) is 0 Å². The lowest BCUT2D eigenvalue weighted by molar-refractivity contribution is -0.144. The van der Waals surface area contributed by atoms with Crippen LogP contribution in [-0.2, 0) is 4.79 Å². The summed E-state index contributed by atoms with van der Waals surface area (Å²) in [5, 5.41) is 14.7. The fourth-order valence-electron chi connectivity index (χ4n) is 2.50. The molecule has 102 valence electrons. The SMILES string of the molecule is CN1CCC(NC(=O)NC(C)(C(=O)O)C2CC2)C1. The van der Waals surface area contributed by atoms with E-state index in [4.69, 9.17) is 0 Å². The van der Waals surface area contributed by atoms with Crippen molar-refractivity contribution < 1.29 is 14.7 Å². The Labute approximate surface area is 107 Å². The molecule has 0 aromatic rings. The van der Waals surface area contributed by atoms with Gasteiger partial charge in [0.15, 0.2) is 0 Å².